The minimum absolute atomic E-state index is 0.587. The van der Waals surface area contributed by atoms with Crippen LogP contribution in [0.3, 0.4) is 0 Å². The monoisotopic (exact) mass is 730 g/mol. The molecule has 8 aromatic carbocycles. The molecule has 57 heavy (non-hydrogen) atoms. The smallest absolute Gasteiger partial charge is 0.164 e. The van der Waals surface area contributed by atoms with Gasteiger partial charge in [-0.3, -0.25) is 0 Å². The number of benzene rings is 8. The standard InChI is InChI=1S/C51H30N4O2/c1-2-13-31(14-3-1)49-52-50(54-51(53-49)40-21-12-26-46-48(40)39-19-6-9-24-44(39)57-46)33-15-10-16-34(29-33)55-41-22-7-4-17-36(41)37-28-27-32(30-42(37)55)35-20-11-25-45-47(35)38-18-5-8-23-43(38)56-45/h1-30H. The maximum Gasteiger partial charge on any atom is 0.164 e. The second-order valence-electron chi connectivity index (χ2n) is 14.4. The van der Waals surface area contributed by atoms with E-state index in [1.165, 1.54) is 10.8 Å². The molecular weight excluding hydrogens is 701 g/mol. The lowest BCUT2D eigenvalue weighted by Crippen LogP contribution is -2.01. The molecule has 0 unspecified atom stereocenters. The van der Waals surface area contributed by atoms with Crippen molar-refractivity contribution >= 4 is 65.7 Å². The molecule has 6 heteroatoms. The fourth-order valence-corrected chi connectivity index (χ4v) is 8.52. The first-order valence-electron chi connectivity index (χ1n) is 19.0. The van der Waals surface area contributed by atoms with Gasteiger partial charge in [0.25, 0.3) is 0 Å². The highest BCUT2D eigenvalue weighted by Gasteiger charge is 2.20. The van der Waals surface area contributed by atoms with Gasteiger partial charge in [0.2, 0.25) is 0 Å². The molecule has 0 aliphatic rings. The van der Waals surface area contributed by atoms with Gasteiger partial charge < -0.3 is 13.4 Å². The van der Waals surface area contributed by atoms with Gasteiger partial charge in [0.1, 0.15) is 22.3 Å². The Kier molecular flexibility index (Phi) is 6.83. The summed E-state index contributed by atoms with van der Waals surface area (Å²) >= 11 is 0. The van der Waals surface area contributed by atoms with Crippen LogP contribution >= 0.6 is 0 Å². The molecule has 266 valence electrons. The van der Waals surface area contributed by atoms with Gasteiger partial charge in [-0.2, -0.15) is 0 Å². The second-order valence-corrected chi connectivity index (χ2v) is 14.4. The van der Waals surface area contributed by atoms with E-state index in [0.717, 1.165) is 88.4 Å². The maximum absolute atomic E-state index is 6.28. The molecule has 0 saturated heterocycles. The van der Waals surface area contributed by atoms with Crippen LogP contribution in [0.1, 0.15) is 0 Å². The zero-order valence-electron chi connectivity index (χ0n) is 30.4. The van der Waals surface area contributed by atoms with E-state index < -0.39 is 0 Å². The molecule has 0 spiro atoms. The predicted octanol–water partition coefficient (Wildman–Crippen LogP) is 13.4. The molecule has 4 heterocycles. The van der Waals surface area contributed by atoms with Gasteiger partial charge in [-0.15, -0.1) is 0 Å². The van der Waals surface area contributed by atoms with E-state index in [-0.39, 0.29) is 0 Å². The van der Waals surface area contributed by atoms with Crippen molar-refractivity contribution in [1.29, 1.82) is 0 Å². The first kappa shape index (κ1) is 31.5. The van der Waals surface area contributed by atoms with Gasteiger partial charge in [-0.25, -0.2) is 15.0 Å². The summed E-state index contributed by atoms with van der Waals surface area (Å²) in [6.07, 6.45) is 0. The molecule has 0 aliphatic carbocycles. The number of para-hydroxylation sites is 3. The predicted molar refractivity (Wildman–Crippen MR) is 230 cm³/mol. The molecule has 0 fully saturated rings. The zero-order chi connectivity index (χ0) is 37.5. The third kappa shape index (κ3) is 4.94. The number of hydrogen-bond acceptors (Lipinski definition) is 5. The first-order chi connectivity index (χ1) is 28.2. The molecule has 12 rings (SSSR count). The fraction of sp³-hybridized carbons (Fsp3) is 0. The molecule has 0 atom stereocenters. The van der Waals surface area contributed by atoms with Gasteiger partial charge in [0.15, 0.2) is 17.5 Å². The van der Waals surface area contributed by atoms with Crippen LogP contribution in [-0.2, 0) is 0 Å². The van der Waals surface area contributed by atoms with Crippen molar-refractivity contribution in [2.24, 2.45) is 0 Å². The van der Waals surface area contributed by atoms with Crippen LogP contribution in [0.5, 0.6) is 0 Å². The largest absolute Gasteiger partial charge is 0.456 e. The summed E-state index contributed by atoms with van der Waals surface area (Å²) in [5.41, 5.74) is 11.6. The Morgan fingerprint density at radius 2 is 0.877 bits per heavy atom. The topological polar surface area (TPSA) is 69.9 Å². The molecule has 0 aliphatic heterocycles. The van der Waals surface area contributed by atoms with Gasteiger partial charge in [-0.05, 0) is 59.7 Å². The number of aromatic nitrogens is 4. The molecule has 0 amide bonds. The summed E-state index contributed by atoms with van der Waals surface area (Å²) in [6, 6.07) is 62.7. The number of furan rings is 2. The van der Waals surface area contributed by atoms with Crippen LogP contribution < -0.4 is 0 Å². The van der Waals surface area contributed by atoms with Crippen molar-refractivity contribution in [3.8, 4) is 51.0 Å². The second kappa shape index (κ2) is 12.3. The van der Waals surface area contributed by atoms with Gasteiger partial charge in [0, 0.05) is 54.7 Å². The summed E-state index contributed by atoms with van der Waals surface area (Å²) in [4.78, 5) is 15.4. The lowest BCUT2D eigenvalue weighted by molar-refractivity contribution is 0.668. The quantitative estimate of drug-likeness (QED) is 0.176. The summed E-state index contributed by atoms with van der Waals surface area (Å²) < 4.78 is 14.9. The van der Waals surface area contributed by atoms with Crippen LogP contribution in [0.15, 0.2) is 191 Å². The van der Waals surface area contributed by atoms with Crippen LogP contribution in [-0.4, -0.2) is 19.5 Å². The van der Waals surface area contributed by atoms with Crippen LogP contribution in [0.25, 0.3) is 117 Å². The third-order valence-electron chi connectivity index (χ3n) is 11.1. The van der Waals surface area contributed by atoms with Crippen molar-refractivity contribution in [2.45, 2.75) is 0 Å². The Morgan fingerprint density at radius 1 is 0.333 bits per heavy atom. The number of hydrogen-bond donors (Lipinski definition) is 0. The first-order valence-corrected chi connectivity index (χ1v) is 19.0. The Hall–Kier alpha value is -7.83. The Bertz CT molecular complexity index is 3540. The number of rotatable bonds is 5. The van der Waals surface area contributed by atoms with E-state index in [0.29, 0.717) is 17.5 Å². The van der Waals surface area contributed by atoms with Gasteiger partial charge >= 0.3 is 0 Å². The molecule has 6 nitrogen and oxygen atoms in total. The summed E-state index contributed by atoms with van der Waals surface area (Å²) in [5, 5.41) is 6.61. The number of fused-ring (bicyclic) bond motifs is 9. The average molecular weight is 731 g/mol. The molecular formula is C51H30N4O2. The molecule has 0 bridgehead atoms. The average Bonchev–Trinajstić information content (AvgIpc) is 3.96. The highest BCUT2D eigenvalue weighted by Crippen LogP contribution is 2.41. The SMILES string of the molecule is c1ccc(-c2nc(-c3cccc(-n4c5ccccc5c5ccc(-c6cccc7oc8ccccc8c67)cc54)c3)nc(-c3cccc4oc5ccccc5c34)n2)cc1. The minimum Gasteiger partial charge on any atom is -0.456 e. The lowest BCUT2D eigenvalue weighted by atomic mass is 9.98. The highest BCUT2D eigenvalue weighted by molar-refractivity contribution is 6.15. The molecule has 12 aromatic rings. The van der Waals surface area contributed by atoms with Gasteiger partial charge in [0.05, 0.1) is 11.0 Å². The van der Waals surface area contributed by atoms with Gasteiger partial charge in [-0.1, -0.05) is 133 Å². The fourth-order valence-electron chi connectivity index (χ4n) is 8.52. The molecule has 4 aromatic heterocycles. The van der Waals surface area contributed by atoms with E-state index >= 15 is 0 Å². The molecule has 0 N–H and O–H groups in total. The lowest BCUT2D eigenvalue weighted by Gasteiger charge is -2.12. The molecule has 0 radical (unpaired) electrons. The Morgan fingerprint density at radius 3 is 1.63 bits per heavy atom. The van der Waals surface area contributed by atoms with Crippen LogP contribution in [0.4, 0.5) is 0 Å². The van der Waals surface area contributed by atoms with E-state index in [1.807, 2.05) is 78.9 Å². The van der Waals surface area contributed by atoms with Crippen molar-refractivity contribution in [3.05, 3.63) is 182 Å². The van der Waals surface area contributed by atoms with E-state index in [2.05, 4.69) is 108 Å². The minimum atomic E-state index is 0.587. The van der Waals surface area contributed by atoms with Crippen LogP contribution in [0.2, 0.25) is 0 Å². The van der Waals surface area contributed by atoms with E-state index in [9.17, 15) is 0 Å². The third-order valence-corrected chi connectivity index (χ3v) is 11.1. The summed E-state index contributed by atoms with van der Waals surface area (Å²) in [7, 11) is 0. The van der Waals surface area contributed by atoms with Crippen molar-refractivity contribution in [1.82, 2.24) is 19.5 Å². The highest BCUT2D eigenvalue weighted by atomic mass is 16.3. The number of nitrogens with zero attached hydrogens (tertiary/aromatic N) is 4. The Labute approximate surface area is 325 Å². The zero-order valence-corrected chi connectivity index (χ0v) is 30.4. The normalized spacial score (nSPS) is 11.9. The van der Waals surface area contributed by atoms with Crippen molar-refractivity contribution in [2.75, 3.05) is 0 Å². The van der Waals surface area contributed by atoms with Crippen LogP contribution in [0, 0.1) is 0 Å². The molecule has 0 saturated carbocycles. The summed E-state index contributed by atoms with van der Waals surface area (Å²) in [5.74, 6) is 1.78. The maximum atomic E-state index is 6.28. The van der Waals surface area contributed by atoms with E-state index in [1.54, 1.807) is 0 Å². The van der Waals surface area contributed by atoms with E-state index in [4.69, 9.17) is 23.8 Å². The van der Waals surface area contributed by atoms with Crippen molar-refractivity contribution < 1.29 is 8.83 Å². The summed E-state index contributed by atoms with van der Waals surface area (Å²) in [6.45, 7) is 0. The van der Waals surface area contributed by atoms with Crippen molar-refractivity contribution in [3.63, 3.8) is 0 Å². The Balaban J connectivity index is 1.06.